The fourth-order valence-electron chi connectivity index (χ4n) is 4.46. The minimum Gasteiger partial charge on any atom is -0.494 e. The van der Waals surface area contributed by atoms with E-state index in [1.54, 1.807) is 18.3 Å². The zero-order valence-corrected chi connectivity index (χ0v) is 19.5. The number of ketones is 1. The van der Waals surface area contributed by atoms with Crippen LogP contribution in [0.3, 0.4) is 0 Å². The van der Waals surface area contributed by atoms with Gasteiger partial charge in [0.15, 0.2) is 5.78 Å². The van der Waals surface area contributed by atoms with Crippen LogP contribution < -0.4 is 9.64 Å². The highest BCUT2D eigenvalue weighted by Crippen LogP contribution is 2.35. The summed E-state index contributed by atoms with van der Waals surface area (Å²) in [5.41, 5.74) is 3.89. The number of rotatable bonds is 7. The molecule has 6 heteroatoms. The van der Waals surface area contributed by atoms with Gasteiger partial charge in [0, 0.05) is 30.2 Å². The van der Waals surface area contributed by atoms with Crippen LogP contribution in [0.4, 0.5) is 5.69 Å². The smallest absolute Gasteiger partial charge is 0.310 e. The van der Waals surface area contributed by atoms with Crippen molar-refractivity contribution in [2.24, 2.45) is 5.92 Å². The number of esters is 1. The van der Waals surface area contributed by atoms with E-state index in [0.29, 0.717) is 30.9 Å². The highest BCUT2D eigenvalue weighted by Gasteiger charge is 2.30. The standard InChI is InChI=1S/C27H30N2O4/c1-4-32-21-11-9-19(10-12-21)26(30)23-16-28-24-13-8-18(3)15-22(24)25(23)29-14-6-7-20(17-29)27(31)33-5-2/h8-13,15-16,20H,4-7,14,17H2,1-3H3/t20-/m1/s1. The van der Waals surface area contributed by atoms with Gasteiger partial charge in [0.05, 0.1) is 35.9 Å². The van der Waals surface area contributed by atoms with E-state index < -0.39 is 0 Å². The van der Waals surface area contributed by atoms with Gasteiger partial charge in [-0.15, -0.1) is 0 Å². The number of pyridine rings is 1. The normalized spacial score (nSPS) is 16.0. The maximum Gasteiger partial charge on any atom is 0.310 e. The molecule has 3 aromatic rings. The number of carbonyl (C=O) groups excluding carboxylic acids is 2. The minimum atomic E-state index is -0.208. The monoisotopic (exact) mass is 446 g/mol. The number of piperidine rings is 1. The molecule has 0 aliphatic carbocycles. The molecule has 1 aliphatic rings. The Bertz CT molecular complexity index is 1160. The SMILES string of the molecule is CCOC(=O)[C@@H]1CCCN(c2c(C(=O)c3ccc(OCC)cc3)cnc3ccc(C)cc23)C1. The number of aryl methyl sites for hydroxylation is 1. The van der Waals surface area contributed by atoms with Crippen molar-refractivity contribution in [2.45, 2.75) is 33.6 Å². The molecule has 0 N–H and O–H groups in total. The molecule has 4 rings (SSSR count). The third-order valence-electron chi connectivity index (χ3n) is 6.02. The highest BCUT2D eigenvalue weighted by molar-refractivity contribution is 6.16. The van der Waals surface area contributed by atoms with Gasteiger partial charge in [-0.25, -0.2) is 0 Å². The predicted octanol–water partition coefficient (Wildman–Crippen LogP) is 4.95. The first-order valence-corrected chi connectivity index (χ1v) is 11.6. The second-order valence-corrected chi connectivity index (χ2v) is 8.36. The van der Waals surface area contributed by atoms with Crippen molar-refractivity contribution in [3.8, 4) is 5.75 Å². The van der Waals surface area contributed by atoms with Crippen LogP contribution in [0.25, 0.3) is 10.9 Å². The first-order chi connectivity index (χ1) is 16.0. The number of hydrogen-bond acceptors (Lipinski definition) is 6. The Balaban J connectivity index is 1.78. The average Bonchev–Trinajstić information content (AvgIpc) is 2.83. The number of ether oxygens (including phenoxy) is 2. The van der Waals surface area contributed by atoms with E-state index in [-0.39, 0.29) is 17.7 Å². The maximum absolute atomic E-state index is 13.6. The molecule has 1 fully saturated rings. The summed E-state index contributed by atoms with van der Waals surface area (Å²) in [6, 6.07) is 13.3. The fourth-order valence-corrected chi connectivity index (χ4v) is 4.46. The van der Waals surface area contributed by atoms with Crippen molar-refractivity contribution in [1.29, 1.82) is 0 Å². The topological polar surface area (TPSA) is 68.7 Å². The van der Waals surface area contributed by atoms with Crippen molar-refractivity contribution >= 4 is 28.3 Å². The molecule has 33 heavy (non-hydrogen) atoms. The average molecular weight is 447 g/mol. The molecular weight excluding hydrogens is 416 g/mol. The van der Waals surface area contributed by atoms with Crippen LogP contribution in [0.5, 0.6) is 5.75 Å². The molecule has 0 radical (unpaired) electrons. The molecule has 0 bridgehead atoms. The highest BCUT2D eigenvalue weighted by atomic mass is 16.5. The molecule has 1 saturated heterocycles. The molecule has 0 saturated carbocycles. The first kappa shape index (κ1) is 22.8. The van der Waals surface area contributed by atoms with Gasteiger partial charge < -0.3 is 14.4 Å². The summed E-state index contributed by atoms with van der Waals surface area (Å²) < 4.78 is 10.8. The van der Waals surface area contributed by atoms with E-state index in [1.807, 2.05) is 45.0 Å². The number of nitrogens with zero attached hydrogens (tertiary/aromatic N) is 2. The summed E-state index contributed by atoms with van der Waals surface area (Å²) in [4.78, 5) is 32.9. The Morgan fingerprint density at radius 1 is 1.09 bits per heavy atom. The van der Waals surface area contributed by atoms with Crippen LogP contribution in [-0.4, -0.2) is 43.0 Å². The Kier molecular flexibility index (Phi) is 6.92. The molecule has 2 aromatic carbocycles. The first-order valence-electron chi connectivity index (χ1n) is 11.6. The number of hydrogen-bond donors (Lipinski definition) is 0. The second-order valence-electron chi connectivity index (χ2n) is 8.36. The van der Waals surface area contributed by atoms with Gasteiger partial charge in [-0.1, -0.05) is 11.6 Å². The summed E-state index contributed by atoms with van der Waals surface area (Å²) >= 11 is 0. The number of aromatic nitrogens is 1. The van der Waals surface area contributed by atoms with Gasteiger partial charge in [-0.05, 0) is 70.0 Å². The summed E-state index contributed by atoms with van der Waals surface area (Å²) in [7, 11) is 0. The lowest BCUT2D eigenvalue weighted by atomic mass is 9.94. The van der Waals surface area contributed by atoms with Gasteiger partial charge in [-0.3, -0.25) is 14.6 Å². The maximum atomic E-state index is 13.6. The van der Waals surface area contributed by atoms with Crippen LogP contribution >= 0.6 is 0 Å². The fraction of sp³-hybridized carbons (Fsp3) is 0.370. The van der Waals surface area contributed by atoms with E-state index in [2.05, 4.69) is 16.0 Å². The van der Waals surface area contributed by atoms with E-state index in [4.69, 9.17) is 9.47 Å². The van der Waals surface area contributed by atoms with Crippen molar-refractivity contribution in [1.82, 2.24) is 4.98 Å². The largest absolute Gasteiger partial charge is 0.494 e. The lowest BCUT2D eigenvalue weighted by Crippen LogP contribution is -2.40. The van der Waals surface area contributed by atoms with Crippen molar-refractivity contribution < 1.29 is 19.1 Å². The molecule has 172 valence electrons. The number of benzene rings is 2. The van der Waals surface area contributed by atoms with Crippen molar-refractivity contribution in [3.05, 3.63) is 65.4 Å². The van der Waals surface area contributed by atoms with Crippen LogP contribution in [0, 0.1) is 12.8 Å². The zero-order valence-electron chi connectivity index (χ0n) is 19.5. The predicted molar refractivity (Wildman–Crippen MR) is 129 cm³/mol. The number of carbonyl (C=O) groups is 2. The van der Waals surface area contributed by atoms with Crippen LogP contribution in [0.2, 0.25) is 0 Å². The summed E-state index contributed by atoms with van der Waals surface area (Å²) in [5, 5.41) is 0.927. The molecule has 0 spiro atoms. The van der Waals surface area contributed by atoms with Crippen LogP contribution in [0.1, 0.15) is 48.2 Å². The van der Waals surface area contributed by atoms with Gasteiger partial charge in [0.2, 0.25) is 0 Å². The Morgan fingerprint density at radius 3 is 2.61 bits per heavy atom. The van der Waals surface area contributed by atoms with Gasteiger partial charge in [0.25, 0.3) is 0 Å². The Labute approximate surface area is 194 Å². The van der Waals surface area contributed by atoms with E-state index in [0.717, 1.165) is 47.3 Å². The lowest BCUT2D eigenvalue weighted by molar-refractivity contribution is -0.148. The summed E-state index contributed by atoms with van der Waals surface area (Å²) in [6.45, 7) is 8.02. The van der Waals surface area contributed by atoms with Gasteiger partial charge >= 0.3 is 5.97 Å². The van der Waals surface area contributed by atoms with Gasteiger partial charge in [-0.2, -0.15) is 0 Å². The third-order valence-corrected chi connectivity index (χ3v) is 6.02. The summed E-state index contributed by atoms with van der Waals surface area (Å²) in [6.07, 6.45) is 3.31. The molecule has 2 heterocycles. The van der Waals surface area contributed by atoms with Crippen molar-refractivity contribution in [3.63, 3.8) is 0 Å². The summed E-state index contributed by atoms with van der Waals surface area (Å²) in [5.74, 6) is 0.258. The zero-order chi connectivity index (χ0) is 23.4. The molecule has 0 amide bonds. The quantitative estimate of drug-likeness (QED) is 0.378. The van der Waals surface area contributed by atoms with E-state index in [1.165, 1.54) is 0 Å². The molecule has 1 aromatic heterocycles. The molecule has 1 atom stereocenters. The van der Waals surface area contributed by atoms with E-state index >= 15 is 0 Å². The van der Waals surface area contributed by atoms with E-state index in [9.17, 15) is 9.59 Å². The molecule has 0 unspecified atom stereocenters. The van der Waals surface area contributed by atoms with Crippen LogP contribution in [0.15, 0.2) is 48.7 Å². The molecule has 6 nitrogen and oxygen atoms in total. The van der Waals surface area contributed by atoms with Crippen molar-refractivity contribution in [2.75, 3.05) is 31.2 Å². The van der Waals surface area contributed by atoms with Gasteiger partial charge in [0.1, 0.15) is 5.75 Å². The minimum absolute atomic E-state index is 0.0952. The number of anilines is 1. The Morgan fingerprint density at radius 2 is 1.88 bits per heavy atom. The molecular formula is C27H30N2O4. The number of fused-ring (bicyclic) bond motifs is 1. The molecule has 1 aliphatic heterocycles. The lowest BCUT2D eigenvalue weighted by Gasteiger charge is -2.35. The van der Waals surface area contributed by atoms with Crippen LogP contribution in [-0.2, 0) is 9.53 Å². The second kappa shape index (κ2) is 10.0. The third kappa shape index (κ3) is 4.85. The Hall–Kier alpha value is -3.41.